The smallest absolute Gasteiger partial charge is 0.289 e. The molecule has 3 rings (SSSR count). The maximum Gasteiger partial charge on any atom is 0.289 e. The predicted octanol–water partition coefficient (Wildman–Crippen LogP) is 3.12. The van der Waals surface area contributed by atoms with Gasteiger partial charge in [-0.2, -0.15) is 9.29 Å². The van der Waals surface area contributed by atoms with Crippen molar-refractivity contribution in [2.24, 2.45) is 0 Å². The molecule has 0 fully saturated rings. The van der Waals surface area contributed by atoms with Gasteiger partial charge in [0.05, 0.1) is 11.5 Å². The molecule has 0 unspecified atom stereocenters. The van der Waals surface area contributed by atoms with Crippen molar-refractivity contribution in [2.75, 3.05) is 7.05 Å². The zero-order valence-corrected chi connectivity index (χ0v) is 15.5. The van der Waals surface area contributed by atoms with E-state index in [0.717, 1.165) is 10.4 Å². The minimum Gasteiger partial charge on any atom is -0.338 e. The molecule has 0 atom stereocenters. The highest BCUT2D eigenvalue weighted by Gasteiger charge is 2.30. The van der Waals surface area contributed by atoms with Crippen LogP contribution in [-0.4, -0.2) is 34.8 Å². The Bertz CT molecular complexity index is 1080. The number of halogens is 1. The average Bonchev–Trinajstić information content (AvgIpc) is 3.10. The summed E-state index contributed by atoms with van der Waals surface area (Å²) in [5.74, 6) is 0.322. The number of rotatable bonds is 6. The molecule has 0 radical (unpaired) electrons. The van der Waals surface area contributed by atoms with Gasteiger partial charge in [-0.15, -0.1) is 0 Å². The van der Waals surface area contributed by atoms with Crippen molar-refractivity contribution in [3.8, 4) is 11.4 Å². The Hall–Kier alpha value is -2.82. The van der Waals surface area contributed by atoms with E-state index in [-0.39, 0.29) is 18.3 Å². The summed E-state index contributed by atoms with van der Waals surface area (Å²) in [6.07, 6.45) is 0. The fraction of sp³-hybridized carbons (Fsp3) is 0.125. The van der Waals surface area contributed by atoms with Gasteiger partial charge >= 0.3 is 0 Å². The fourth-order valence-electron chi connectivity index (χ4n) is 2.30. The Balaban J connectivity index is 1.84. The number of nitro groups is 1. The highest BCUT2D eigenvalue weighted by molar-refractivity contribution is 7.89. The van der Waals surface area contributed by atoms with E-state index < -0.39 is 25.5 Å². The zero-order valence-electron chi connectivity index (χ0n) is 13.9. The summed E-state index contributed by atoms with van der Waals surface area (Å²) < 4.78 is 31.4. The van der Waals surface area contributed by atoms with E-state index in [1.807, 2.05) is 0 Å². The second-order valence-electron chi connectivity index (χ2n) is 5.50. The molecule has 9 nitrogen and oxygen atoms in total. The Labute approximate surface area is 159 Å². The third-order valence-electron chi connectivity index (χ3n) is 3.68. The molecule has 0 amide bonds. The minimum absolute atomic E-state index is 0.0459. The minimum atomic E-state index is -4.13. The molecule has 0 aliphatic rings. The molecule has 0 saturated carbocycles. The summed E-state index contributed by atoms with van der Waals surface area (Å²) in [6.45, 7) is -0.241. The molecule has 140 valence electrons. The Morgan fingerprint density at radius 1 is 1.19 bits per heavy atom. The largest absolute Gasteiger partial charge is 0.338 e. The molecule has 2 aromatic carbocycles. The van der Waals surface area contributed by atoms with Gasteiger partial charge in [-0.05, 0) is 30.3 Å². The first kappa shape index (κ1) is 19.0. The molecule has 27 heavy (non-hydrogen) atoms. The van der Waals surface area contributed by atoms with Crippen LogP contribution < -0.4 is 0 Å². The van der Waals surface area contributed by atoms with Crippen molar-refractivity contribution < 1.29 is 17.9 Å². The van der Waals surface area contributed by atoms with Gasteiger partial charge in [-0.1, -0.05) is 28.9 Å². The normalized spacial score (nSPS) is 11.7. The molecule has 0 spiro atoms. The first-order chi connectivity index (χ1) is 12.8. The number of nitro benzene ring substituents is 1. The number of sulfonamides is 1. The van der Waals surface area contributed by atoms with E-state index in [2.05, 4.69) is 10.1 Å². The number of aromatic nitrogens is 2. The van der Waals surface area contributed by atoms with Crippen molar-refractivity contribution in [3.05, 3.63) is 69.6 Å². The standard InChI is InChI=1S/C16H13ClN4O5S/c1-20(27(24,25)14-5-3-2-4-13(14)21(22)23)10-15-18-16(19-26-15)11-6-8-12(17)9-7-11/h2-9H,10H2,1H3. The lowest BCUT2D eigenvalue weighted by molar-refractivity contribution is -0.387. The van der Waals surface area contributed by atoms with E-state index in [4.69, 9.17) is 16.1 Å². The second-order valence-corrected chi connectivity index (χ2v) is 7.95. The van der Waals surface area contributed by atoms with Crippen LogP contribution >= 0.6 is 11.6 Å². The van der Waals surface area contributed by atoms with E-state index >= 15 is 0 Å². The number of hydrogen-bond acceptors (Lipinski definition) is 7. The van der Waals surface area contributed by atoms with Crippen molar-refractivity contribution in [1.82, 2.24) is 14.4 Å². The topological polar surface area (TPSA) is 119 Å². The summed E-state index contributed by atoms with van der Waals surface area (Å²) in [5, 5.41) is 15.5. The summed E-state index contributed by atoms with van der Waals surface area (Å²) in [7, 11) is -2.85. The monoisotopic (exact) mass is 408 g/mol. The van der Waals surface area contributed by atoms with Gasteiger partial charge in [-0.25, -0.2) is 8.42 Å². The maximum atomic E-state index is 12.7. The summed E-state index contributed by atoms with van der Waals surface area (Å²) >= 11 is 5.83. The zero-order chi connectivity index (χ0) is 19.6. The first-order valence-electron chi connectivity index (χ1n) is 7.57. The summed E-state index contributed by atoms with van der Waals surface area (Å²) in [6, 6.07) is 11.8. The number of benzene rings is 2. The van der Waals surface area contributed by atoms with E-state index in [1.54, 1.807) is 24.3 Å². The quantitative estimate of drug-likeness (QED) is 0.454. The molecule has 0 N–H and O–H groups in total. The van der Waals surface area contributed by atoms with Crippen LogP contribution in [0.25, 0.3) is 11.4 Å². The Kier molecular flexibility index (Phi) is 5.22. The van der Waals surface area contributed by atoms with Gasteiger partial charge in [0.1, 0.15) is 0 Å². The van der Waals surface area contributed by atoms with Crippen molar-refractivity contribution in [3.63, 3.8) is 0 Å². The molecule has 0 aliphatic heterocycles. The highest BCUT2D eigenvalue weighted by Crippen LogP contribution is 2.26. The van der Waals surface area contributed by atoms with Crippen LogP contribution in [0.1, 0.15) is 5.89 Å². The van der Waals surface area contributed by atoms with Crippen LogP contribution in [0.3, 0.4) is 0 Å². The Morgan fingerprint density at radius 2 is 1.85 bits per heavy atom. The van der Waals surface area contributed by atoms with Gasteiger partial charge in [0, 0.05) is 23.7 Å². The molecule has 1 aromatic heterocycles. The first-order valence-corrected chi connectivity index (χ1v) is 9.39. The van der Waals surface area contributed by atoms with E-state index in [1.165, 1.54) is 25.2 Å². The van der Waals surface area contributed by atoms with Gasteiger partial charge < -0.3 is 4.52 Å². The fourth-order valence-corrected chi connectivity index (χ4v) is 3.70. The molecule has 11 heteroatoms. The van der Waals surface area contributed by atoms with Gasteiger partial charge in [-0.3, -0.25) is 10.1 Å². The van der Waals surface area contributed by atoms with Crippen molar-refractivity contribution >= 4 is 27.3 Å². The Morgan fingerprint density at radius 3 is 2.52 bits per heavy atom. The lowest BCUT2D eigenvalue weighted by Crippen LogP contribution is -2.27. The van der Waals surface area contributed by atoms with Crippen LogP contribution in [-0.2, 0) is 16.6 Å². The number of para-hydroxylation sites is 1. The number of hydrogen-bond donors (Lipinski definition) is 0. The van der Waals surface area contributed by atoms with Crippen molar-refractivity contribution in [2.45, 2.75) is 11.4 Å². The third-order valence-corrected chi connectivity index (χ3v) is 5.78. The SMILES string of the molecule is CN(Cc1nc(-c2ccc(Cl)cc2)no1)S(=O)(=O)c1ccccc1[N+](=O)[O-]. The van der Waals surface area contributed by atoms with Gasteiger partial charge in [0.2, 0.25) is 21.7 Å². The lowest BCUT2D eigenvalue weighted by Gasteiger charge is -2.14. The van der Waals surface area contributed by atoms with Crippen LogP contribution in [0.15, 0.2) is 57.9 Å². The maximum absolute atomic E-state index is 12.7. The molecule has 0 bridgehead atoms. The van der Waals surface area contributed by atoms with Crippen LogP contribution in [0.5, 0.6) is 0 Å². The summed E-state index contributed by atoms with van der Waals surface area (Å²) in [5.41, 5.74) is 0.148. The molecular weight excluding hydrogens is 396 g/mol. The van der Waals surface area contributed by atoms with Crippen LogP contribution in [0.2, 0.25) is 5.02 Å². The van der Waals surface area contributed by atoms with Gasteiger partial charge in [0.15, 0.2) is 4.90 Å². The summed E-state index contributed by atoms with van der Waals surface area (Å²) in [4.78, 5) is 14.1. The molecular formula is C16H13ClN4O5S. The highest BCUT2D eigenvalue weighted by atomic mass is 35.5. The average molecular weight is 409 g/mol. The molecule has 0 aliphatic carbocycles. The number of nitrogens with zero attached hydrogens (tertiary/aromatic N) is 4. The third kappa shape index (κ3) is 3.97. The van der Waals surface area contributed by atoms with Gasteiger partial charge in [0.25, 0.3) is 5.69 Å². The second kappa shape index (κ2) is 7.43. The molecule has 1 heterocycles. The van der Waals surface area contributed by atoms with Crippen LogP contribution in [0, 0.1) is 10.1 Å². The lowest BCUT2D eigenvalue weighted by atomic mass is 10.2. The van der Waals surface area contributed by atoms with E-state index in [0.29, 0.717) is 10.6 Å². The molecule has 0 saturated heterocycles. The van der Waals surface area contributed by atoms with Crippen LogP contribution in [0.4, 0.5) is 5.69 Å². The van der Waals surface area contributed by atoms with E-state index in [9.17, 15) is 18.5 Å². The molecule has 3 aromatic rings. The van der Waals surface area contributed by atoms with Crippen molar-refractivity contribution in [1.29, 1.82) is 0 Å². The predicted molar refractivity (Wildman–Crippen MR) is 96.5 cm³/mol.